The normalized spacial score (nSPS) is 19.6. The summed E-state index contributed by atoms with van der Waals surface area (Å²) in [6, 6.07) is 4.99. The van der Waals surface area contributed by atoms with Gasteiger partial charge in [0.15, 0.2) is 0 Å². The van der Waals surface area contributed by atoms with E-state index in [2.05, 4.69) is 0 Å². The summed E-state index contributed by atoms with van der Waals surface area (Å²) in [5.41, 5.74) is 1.01. The Morgan fingerprint density at radius 3 is 2.55 bits per heavy atom. The number of carbonyl (C=O) groups is 2. The van der Waals surface area contributed by atoms with Gasteiger partial charge >= 0.3 is 0 Å². The molecule has 3 rings (SSSR count). The number of ether oxygens (including phenoxy) is 1. The van der Waals surface area contributed by atoms with Gasteiger partial charge in [0.25, 0.3) is 0 Å². The van der Waals surface area contributed by atoms with Gasteiger partial charge in [-0.15, -0.1) is 0 Å². The van der Waals surface area contributed by atoms with E-state index < -0.39 is 11.6 Å². The van der Waals surface area contributed by atoms with E-state index in [1.165, 1.54) is 18.6 Å². The maximum absolute atomic E-state index is 11.9. The second-order valence-corrected chi connectivity index (χ2v) is 5.71. The minimum absolute atomic E-state index is 0.138. The second-order valence-electron chi connectivity index (χ2n) is 5.27. The molecule has 0 spiro atoms. The van der Waals surface area contributed by atoms with Crippen molar-refractivity contribution in [1.82, 2.24) is 0 Å². The lowest BCUT2D eigenvalue weighted by atomic mass is 9.93. The molecular weight excluding hydrogens is 276 g/mol. The number of rotatable bonds is 2. The van der Waals surface area contributed by atoms with Gasteiger partial charge in [-0.3, -0.25) is 9.59 Å². The molecule has 1 fully saturated rings. The molecule has 0 unspecified atom stereocenters. The fourth-order valence-electron chi connectivity index (χ4n) is 2.77. The number of halogens is 1. The molecule has 2 aliphatic rings. The number of Topliss-reactive ketones (excluding diaryl/α,β-unsaturated/α-hetero) is 1. The van der Waals surface area contributed by atoms with E-state index in [-0.39, 0.29) is 6.10 Å². The lowest BCUT2D eigenvalue weighted by molar-refractivity contribution is -0.111. The molecule has 1 aromatic carbocycles. The van der Waals surface area contributed by atoms with Crippen LogP contribution < -0.4 is 0 Å². The molecule has 2 aliphatic carbocycles. The van der Waals surface area contributed by atoms with Crippen molar-refractivity contribution in [2.75, 3.05) is 0 Å². The van der Waals surface area contributed by atoms with Crippen LogP contribution in [0.5, 0.6) is 0 Å². The molecule has 0 aromatic heterocycles. The first kappa shape index (κ1) is 13.4. The third kappa shape index (κ3) is 2.50. The van der Waals surface area contributed by atoms with Crippen LogP contribution in [0, 0.1) is 0 Å². The van der Waals surface area contributed by atoms with Crippen molar-refractivity contribution in [1.29, 1.82) is 0 Å². The van der Waals surface area contributed by atoms with Crippen LogP contribution in [0.3, 0.4) is 0 Å². The molecule has 0 atom stereocenters. The van der Waals surface area contributed by atoms with Crippen molar-refractivity contribution in [3.05, 3.63) is 40.4 Å². The van der Waals surface area contributed by atoms with E-state index in [0.29, 0.717) is 21.9 Å². The highest BCUT2D eigenvalue weighted by atomic mass is 35.5. The van der Waals surface area contributed by atoms with Crippen molar-refractivity contribution in [3.63, 3.8) is 0 Å². The summed E-state index contributed by atoms with van der Waals surface area (Å²) in [6.45, 7) is 0. The zero-order valence-corrected chi connectivity index (χ0v) is 11.8. The summed E-state index contributed by atoms with van der Waals surface area (Å²) in [4.78, 5) is 23.7. The molecule has 0 amide bonds. The Morgan fingerprint density at radius 1 is 1.05 bits per heavy atom. The smallest absolute Gasteiger partial charge is 0.233 e. The van der Waals surface area contributed by atoms with Crippen molar-refractivity contribution in [2.45, 2.75) is 38.2 Å². The first-order valence-corrected chi connectivity index (χ1v) is 7.30. The molecule has 0 saturated heterocycles. The summed E-state index contributed by atoms with van der Waals surface area (Å²) in [6.07, 6.45) is 7.00. The highest BCUT2D eigenvalue weighted by Gasteiger charge is 2.28. The summed E-state index contributed by atoms with van der Waals surface area (Å²) in [5.74, 6) is -0.544. The molecule has 104 valence electrons. The van der Waals surface area contributed by atoms with Crippen molar-refractivity contribution in [2.24, 2.45) is 0 Å². The van der Waals surface area contributed by atoms with E-state index >= 15 is 0 Å². The Kier molecular flexibility index (Phi) is 3.62. The average Bonchev–Trinajstić information content (AvgIpc) is 2.45. The molecule has 0 radical (unpaired) electrons. The SMILES string of the molecule is O=C1C=C(OC2CCCCC2)c2ccc(Cl)cc2C1=O. The fourth-order valence-corrected chi connectivity index (χ4v) is 2.95. The minimum Gasteiger partial charge on any atom is -0.490 e. The highest BCUT2D eigenvalue weighted by molar-refractivity contribution is 6.50. The topological polar surface area (TPSA) is 43.4 Å². The summed E-state index contributed by atoms with van der Waals surface area (Å²) in [5, 5.41) is 0.448. The van der Waals surface area contributed by atoms with Crippen LogP contribution in [0.25, 0.3) is 5.76 Å². The molecule has 4 heteroatoms. The lowest BCUT2D eigenvalue weighted by Crippen LogP contribution is -2.23. The molecular formula is C16H15ClO3. The Bertz CT molecular complexity index is 598. The highest BCUT2D eigenvalue weighted by Crippen LogP contribution is 2.32. The summed E-state index contributed by atoms with van der Waals surface area (Å²) in [7, 11) is 0. The summed E-state index contributed by atoms with van der Waals surface area (Å²) >= 11 is 5.91. The van der Waals surface area contributed by atoms with Crippen LogP contribution in [0.1, 0.15) is 48.0 Å². The monoisotopic (exact) mass is 290 g/mol. The number of allylic oxidation sites excluding steroid dienone is 1. The Hall–Kier alpha value is -1.61. The Balaban J connectivity index is 1.92. The molecule has 0 heterocycles. The Morgan fingerprint density at radius 2 is 1.80 bits per heavy atom. The van der Waals surface area contributed by atoms with Gasteiger partial charge in [-0.2, -0.15) is 0 Å². The molecule has 20 heavy (non-hydrogen) atoms. The second kappa shape index (κ2) is 5.41. The Labute approximate surface area is 122 Å². The number of hydrogen-bond acceptors (Lipinski definition) is 3. The third-order valence-electron chi connectivity index (χ3n) is 3.82. The number of carbonyl (C=O) groups excluding carboxylic acids is 2. The number of benzene rings is 1. The zero-order chi connectivity index (χ0) is 14.1. The van der Waals surface area contributed by atoms with E-state index in [0.717, 1.165) is 25.7 Å². The van der Waals surface area contributed by atoms with Crippen molar-refractivity contribution >= 4 is 28.9 Å². The molecule has 0 N–H and O–H groups in total. The van der Waals surface area contributed by atoms with Crippen molar-refractivity contribution < 1.29 is 14.3 Å². The van der Waals surface area contributed by atoms with Gasteiger partial charge in [-0.25, -0.2) is 0 Å². The van der Waals surface area contributed by atoms with Gasteiger partial charge in [-0.05, 0) is 43.9 Å². The third-order valence-corrected chi connectivity index (χ3v) is 4.06. The predicted molar refractivity (Wildman–Crippen MR) is 76.7 cm³/mol. The first-order chi connectivity index (χ1) is 9.65. The van der Waals surface area contributed by atoms with Gasteiger partial charge in [0.1, 0.15) is 5.76 Å². The zero-order valence-electron chi connectivity index (χ0n) is 11.0. The largest absolute Gasteiger partial charge is 0.490 e. The van der Waals surface area contributed by atoms with Crippen molar-refractivity contribution in [3.8, 4) is 0 Å². The van der Waals surface area contributed by atoms with E-state index in [1.54, 1.807) is 12.1 Å². The average molecular weight is 291 g/mol. The van der Waals surface area contributed by atoms with E-state index in [9.17, 15) is 9.59 Å². The number of hydrogen-bond donors (Lipinski definition) is 0. The maximum Gasteiger partial charge on any atom is 0.233 e. The predicted octanol–water partition coefficient (Wildman–Crippen LogP) is 3.80. The fraction of sp³-hybridized carbons (Fsp3) is 0.375. The van der Waals surface area contributed by atoms with Crippen LogP contribution in [-0.2, 0) is 9.53 Å². The molecule has 3 nitrogen and oxygen atoms in total. The van der Waals surface area contributed by atoms with Crippen LogP contribution in [-0.4, -0.2) is 17.7 Å². The maximum atomic E-state index is 11.9. The molecule has 1 saturated carbocycles. The van der Waals surface area contributed by atoms with Gasteiger partial charge in [0.05, 0.1) is 6.10 Å². The molecule has 0 aliphatic heterocycles. The van der Waals surface area contributed by atoms with Gasteiger partial charge in [0.2, 0.25) is 11.6 Å². The van der Waals surface area contributed by atoms with E-state index in [4.69, 9.17) is 16.3 Å². The van der Waals surface area contributed by atoms with Crippen LogP contribution in [0.4, 0.5) is 0 Å². The number of fused-ring (bicyclic) bond motifs is 1. The summed E-state index contributed by atoms with van der Waals surface area (Å²) < 4.78 is 5.96. The van der Waals surface area contributed by atoms with E-state index in [1.807, 2.05) is 0 Å². The molecule has 0 bridgehead atoms. The van der Waals surface area contributed by atoms with Crippen LogP contribution >= 0.6 is 11.6 Å². The molecule has 1 aromatic rings. The van der Waals surface area contributed by atoms with Crippen LogP contribution in [0.15, 0.2) is 24.3 Å². The standard InChI is InChI=1S/C16H15ClO3/c17-10-6-7-12-13(8-10)16(19)14(18)9-15(12)20-11-4-2-1-3-5-11/h6-9,11H,1-5H2. The lowest BCUT2D eigenvalue weighted by Gasteiger charge is -2.26. The van der Waals surface area contributed by atoms with Crippen LogP contribution in [0.2, 0.25) is 5.02 Å². The first-order valence-electron chi connectivity index (χ1n) is 6.92. The van der Waals surface area contributed by atoms with Gasteiger partial charge < -0.3 is 4.74 Å². The quantitative estimate of drug-likeness (QED) is 0.778. The van der Waals surface area contributed by atoms with Gasteiger partial charge in [0, 0.05) is 22.2 Å². The van der Waals surface area contributed by atoms with Gasteiger partial charge in [-0.1, -0.05) is 18.0 Å². The minimum atomic E-state index is -0.537. The number of ketones is 2.